The van der Waals surface area contributed by atoms with E-state index in [1.54, 1.807) is 23.6 Å². The van der Waals surface area contributed by atoms with E-state index in [1.807, 2.05) is 0 Å². The number of ether oxygens (including phenoxy) is 3. The Kier molecular flexibility index (Phi) is 7.68. The molecule has 0 saturated heterocycles. The molecule has 0 spiro atoms. The van der Waals surface area contributed by atoms with Crippen molar-refractivity contribution in [2.75, 3.05) is 27.9 Å². The van der Waals surface area contributed by atoms with Crippen molar-refractivity contribution >= 4 is 28.2 Å². The van der Waals surface area contributed by atoms with Gasteiger partial charge < -0.3 is 14.2 Å². The Balaban J connectivity index is 2.96. The van der Waals surface area contributed by atoms with Crippen molar-refractivity contribution in [1.82, 2.24) is 0 Å². The van der Waals surface area contributed by atoms with Gasteiger partial charge in [-0.15, -0.1) is 0 Å². The Morgan fingerprint density at radius 3 is 2.33 bits per heavy atom. The number of isothiocyanates is 1. The van der Waals surface area contributed by atoms with E-state index in [9.17, 15) is 4.21 Å². The second-order valence-corrected chi connectivity index (χ2v) is 5.31. The Bertz CT molecular complexity index is 555. The highest BCUT2D eigenvalue weighted by Crippen LogP contribution is 2.39. The molecule has 114 valence electrons. The molecule has 0 aromatic heterocycles. The monoisotopic (exact) mass is 327 g/mol. The minimum absolute atomic E-state index is 0.471. The van der Waals surface area contributed by atoms with Gasteiger partial charge in [0.2, 0.25) is 5.75 Å². The number of hydrogen-bond donors (Lipinski definition) is 0. The summed E-state index contributed by atoms with van der Waals surface area (Å²) in [6, 6.07) is 3.33. The number of benzene rings is 1. The molecule has 5 nitrogen and oxygen atoms in total. The molecule has 0 heterocycles. The van der Waals surface area contributed by atoms with Crippen LogP contribution >= 0.6 is 12.2 Å². The second-order valence-electron chi connectivity index (χ2n) is 3.79. The zero-order valence-electron chi connectivity index (χ0n) is 12.1. The number of aliphatic imine (C=N–C) groups is 1. The third kappa shape index (κ3) is 4.97. The molecule has 0 saturated carbocycles. The molecule has 1 unspecified atom stereocenters. The molecule has 0 fully saturated rings. The predicted molar refractivity (Wildman–Crippen MR) is 86.2 cm³/mol. The van der Waals surface area contributed by atoms with E-state index in [-0.39, 0.29) is 0 Å². The molecule has 1 aromatic carbocycles. The standard InChI is InChI=1S/C14H17NO4S2/c1-17-12-8-11(9-13(18-2)14(12)19-3)21(16)7-5-4-6-15-10-20/h5,7-9H,4,6H2,1-3H3. The Labute approximate surface area is 132 Å². The van der Waals surface area contributed by atoms with Gasteiger partial charge in [0.1, 0.15) is 0 Å². The number of methoxy groups -OCH3 is 3. The van der Waals surface area contributed by atoms with Crippen molar-refractivity contribution in [3.8, 4) is 17.2 Å². The fourth-order valence-electron chi connectivity index (χ4n) is 1.59. The lowest BCUT2D eigenvalue weighted by molar-refractivity contribution is 0.323. The minimum Gasteiger partial charge on any atom is -0.493 e. The number of rotatable bonds is 8. The molecule has 0 amide bonds. The van der Waals surface area contributed by atoms with Gasteiger partial charge in [-0.2, -0.15) is 0 Å². The zero-order valence-corrected chi connectivity index (χ0v) is 13.8. The van der Waals surface area contributed by atoms with Crippen LogP contribution in [0.15, 0.2) is 33.5 Å². The van der Waals surface area contributed by atoms with Crippen molar-refractivity contribution < 1.29 is 18.4 Å². The fourth-order valence-corrected chi connectivity index (χ4v) is 2.60. The van der Waals surface area contributed by atoms with Crippen LogP contribution in [0.25, 0.3) is 0 Å². The number of nitrogens with zero attached hydrogens (tertiary/aromatic N) is 1. The van der Waals surface area contributed by atoms with E-state index in [0.29, 0.717) is 35.1 Å². The number of thiocarbonyl (C=S) groups is 1. The van der Waals surface area contributed by atoms with Crippen LogP contribution in [0.2, 0.25) is 0 Å². The van der Waals surface area contributed by atoms with Crippen molar-refractivity contribution in [2.45, 2.75) is 11.3 Å². The average Bonchev–Trinajstić information content (AvgIpc) is 2.52. The van der Waals surface area contributed by atoms with Crippen LogP contribution in [-0.4, -0.2) is 37.2 Å². The maximum Gasteiger partial charge on any atom is 0.203 e. The maximum absolute atomic E-state index is 12.2. The van der Waals surface area contributed by atoms with Crippen molar-refractivity contribution in [3.63, 3.8) is 0 Å². The normalized spacial score (nSPS) is 11.8. The Morgan fingerprint density at radius 1 is 1.24 bits per heavy atom. The molecular formula is C14H17NO4S2. The first-order valence-corrected chi connectivity index (χ1v) is 7.71. The van der Waals surface area contributed by atoms with E-state index in [0.717, 1.165) is 0 Å². The van der Waals surface area contributed by atoms with E-state index < -0.39 is 10.8 Å². The second kappa shape index (κ2) is 9.28. The van der Waals surface area contributed by atoms with E-state index in [2.05, 4.69) is 22.4 Å². The van der Waals surface area contributed by atoms with Crippen molar-refractivity contribution in [2.24, 2.45) is 4.99 Å². The highest BCUT2D eigenvalue weighted by molar-refractivity contribution is 7.88. The van der Waals surface area contributed by atoms with Gasteiger partial charge in [0.15, 0.2) is 11.5 Å². The molecule has 0 aliphatic carbocycles. The molecule has 21 heavy (non-hydrogen) atoms. The van der Waals surface area contributed by atoms with Gasteiger partial charge >= 0.3 is 0 Å². The largest absolute Gasteiger partial charge is 0.493 e. The van der Waals surface area contributed by atoms with Gasteiger partial charge in [0.05, 0.1) is 48.7 Å². The summed E-state index contributed by atoms with van der Waals surface area (Å²) in [5, 5.41) is 3.88. The topological polar surface area (TPSA) is 57.1 Å². The van der Waals surface area contributed by atoms with Crippen LogP contribution in [0, 0.1) is 0 Å². The lowest BCUT2D eigenvalue weighted by atomic mass is 10.3. The molecule has 1 atom stereocenters. The molecule has 1 rings (SSSR count). The van der Waals surface area contributed by atoms with Crippen molar-refractivity contribution in [3.05, 3.63) is 23.6 Å². The Morgan fingerprint density at radius 2 is 1.86 bits per heavy atom. The van der Waals surface area contributed by atoms with Crippen LogP contribution in [0.5, 0.6) is 17.2 Å². The smallest absolute Gasteiger partial charge is 0.203 e. The van der Waals surface area contributed by atoms with Crippen molar-refractivity contribution in [1.29, 1.82) is 0 Å². The molecule has 0 radical (unpaired) electrons. The van der Waals surface area contributed by atoms with Crippen LogP contribution in [0.1, 0.15) is 6.42 Å². The van der Waals surface area contributed by atoms with Gasteiger partial charge in [0, 0.05) is 17.5 Å². The lowest BCUT2D eigenvalue weighted by Crippen LogP contribution is -1.97. The summed E-state index contributed by atoms with van der Waals surface area (Å²) in [6.45, 7) is 0.534. The minimum atomic E-state index is -1.31. The summed E-state index contributed by atoms with van der Waals surface area (Å²) in [6.07, 6.45) is 2.44. The predicted octanol–water partition coefficient (Wildman–Crippen LogP) is 2.83. The summed E-state index contributed by atoms with van der Waals surface area (Å²) < 4.78 is 27.9. The van der Waals surface area contributed by atoms with Crippen LogP contribution in [0.3, 0.4) is 0 Å². The van der Waals surface area contributed by atoms with E-state index in [1.165, 1.54) is 21.3 Å². The van der Waals surface area contributed by atoms with Gasteiger partial charge in [-0.05, 0) is 18.6 Å². The summed E-state index contributed by atoms with van der Waals surface area (Å²) in [4.78, 5) is 4.35. The third-order valence-corrected chi connectivity index (χ3v) is 3.83. The molecule has 7 heteroatoms. The van der Waals surface area contributed by atoms with Crippen LogP contribution in [0.4, 0.5) is 0 Å². The summed E-state index contributed by atoms with van der Waals surface area (Å²) in [5.41, 5.74) is 0. The molecule has 0 N–H and O–H groups in total. The summed E-state index contributed by atoms with van der Waals surface area (Å²) >= 11 is 4.47. The van der Waals surface area contributed by atoms with Gasteiger partial charge in [-0.1, -0.05) is 6.08 Å². The molecular weight excluding hydrogens is 310 g/mol. The SMILES string of the molecule is COc1cc(S(=O)C=CCCN=C=S)cc(OC)c1OC. The first kappa shape index (κ1) is 17.4. The lowest BCUT2D eigenvalue weighted by Gasteiger charge is -2.13. The van der Waals surface area contributed by atoms with Crippen LogP contribution in [-0.2, 0) is 10.8 Å². The van der Waals surface area contributed by atoms with Gasteiger partial charge in [-0.25, -0.2) is 9.20 Å². The van der Waals surface area contributed by atoms with E-state index >= 15 is 0 Å². The molecule has 1 aromatic rings. The highest BCUT2D eigenvalue weighted by Gasteiger charge is 2.15. The van der Waals surface area contributed by atoms with Gasteiger partial charge in [0.25, 0.3) is 0 Å². The fraction of sp³-hybridized carbons (Fsp3) is 0.357. The third-order valence-electron chi connectivity index (χ3n) is 2.56. The number of hydrogen-bond acceptors (Lipinski definition) is 6. The van der Waals surface area contributed by atoms with Crippen LogP contribution < -0.4 is 14.2 Å². The molecule has 0 aliphatic rings. The molecule has 0 bridgehead atoms. The van der Waals surface area contributed by atoms with E-state index in [4.69, 9.17) is 14.2 Å². The average molecular weight is 327 g/mol. The zero-order chi connectivity index (χ0) is 15.7. The molecule has 0 aliphatic heterocycles. The summed E-state index contributed by atoms with van der Waals surface area (Å²) in [7, 11) is 3.25. The summed E-state index contributed by atoms with van der Waals surface area (Å²) in [5.74, 6) is 1.41. The maximum atomic E-state index is 12.2. The van der Waals surface area contributed by atoms with Gasteiger partial charge in [-0.3, -0.25) is 0 Å². The first-order chi connectivity index (χ1) is 10.2. The first-order valence-electron chi connectivity index (χ1n) is 6.08. The highest BCUT2D eigenvalue weighted by atomic mass is 32.2. The quantitative estimate of drug-likeness (QED) is 0.417. The Hall–Kier alpha value is -1.69.